The zero-order valence-corrected chi connectivity index (χ0v) is 12.7. The van der Waals surface area contributed by atoms with Gasteiger partial charge in [-0.05, 0) is 32.0 Å². The second-order valence-electron chi connectivity index (χ2n) is 3.89. The van der Waals surface area contributed by atoms with Gasteiger partial charge in [0.25, 0.3) is 0 Å². The molecule has 1 rings (SSSR count). The summed E-state index contributed by atoms with van der Waals surface area (Å²) in [5.41, 5.74) is 6.02. The molecule has 0 aromatic heterocycles. The fourth-order valence-electron chi connectivity index (χ4n) is 1.14. The van der Waals surface area contributed by atoms with E-state index in [1.807, 2.05) is 0 Å². The molecule has 0 aliphatic rings. The molecule has 0 saturated carbocycles. The molecule has 0 fully saturated rings. The zero-order valence-electron chi connectivity index (χ0n) is 10.3. The van der Waals surface area contributed by atoms with E-state index in [2.05, 4.69) is 25.4 Å². The maximum atomic E-state index is 11.6. The Morgan fingerprint density at radius 1 is 1.42 bits per heavy atom. The Morgan fingerprint density at radius 3 is 2.58 bits per heavy atom. The van der Waals surface area contributed by atoms with Gasteiger partial charge in [-0.3, -0.25) is 4.72 Å². The number of nitrogens with one attached hydrogen (secondary N) is 2. The molecule has 1 amide bonds. The molecule has 0 radical (unpaired) electrons. The monoisotopic (exact) mass is 351 g/mol. The van der Waals surface area contributed by atoms with Gasteiger partial charge in [0, 0.05) is 4.47 Å². The van der Waals surface area contributed by atoms with Crippen LogP contribution in [0.5, 0.6) is 0 Å². The molecule has 0 aliphatic heterocycles. The number of hydrogen-bond acceptors (Lipinski definition) is 5. The lowest BCUT2D eigenvalue weighted by Gasteiger charge is -2.12. The second-order valence-corrected chi connectivity index (χ2v) is 6.22. The fraction of sp³-hybridized carbons (Fsp3) is 0.300. The second kappa shape index (κ2) is 6.11. The van der Waals surface area contributed by atoms with Crippen LogP contribution in [0.3, 0.4) is 0 Å². The van der Waals surface area contributed by atoms with E-state index in [1.165, 1.54) is 12.1 Å². The number of carbonyl (C=O) groups excluding carboxylic acids is 1. The van der Waals surface area contributed by atoms with Crippen LogP contribution in [0.25, 0.3) is 0 Å². The normalized spacial score (nSPS) is 11.2. The lowest BCUT2D eigenvalue weighted by atomic mass is 10.3. The summed E-state index contributed by atoms with van der Waals surface area (Å²) >= 11 is 3.20. The van der Waals surface area contributed by atoms with Crippen molar-refractivity contribution in [1.29, 1.82) is 0 Å². The molecule has 0 bridgehead atoms. The SMILES string of the molecule is CC(C)OC(=O)NS(=O)(=O)Nc1ccc(Br)cc1N. The minimum absolute atomic E-state index is 0.160. The summed E-state index contributed by atoms with van der Waals surface area (Å²) in [6.07, 6.45) is -1.48. The van der Waals surface area contributed by atoms with Gasteiger partial charge in [-0.2, -0.15) is 8.42 Å². The summed E-state index contributed by atoms with van der Waals surface area (Å²) in [6, 6.07) is 4.61. The first kappa shape index (κ1) is 15.6. The number of amides is 1. The molecule has 9 heteroatoms. The van der Waals surface area contributed by atoms with Crippen molar-refractivity contribution in [1.82, 2.24) is 4.72 Å². The molecule has 4 N–H and O–H groups in total. The van der Waals surface area contributed by atoms with Gasteiger partial charge in [0.2, 0.25) is 0 Å². The van der Waals surface area contributed by atoms with Gasteiger partial charge in [-0.1, -0.05) is 15.9 Å². The molecule has 0 unspecified atom stereocenters. The van der Waals surface area contributed by atoms with Gasteiger partial charge >= 0.3 is 16.3 Å². The number of anilines is 2. The summed E-state index contributed by atoms with van der Waals surface area (Å²) in [7, 11) is -4.08. The molecule has 106 valence electrons. The van der Waals surface area contributed by atoms with E-state index in [4.69, 9.17) is 5.73 Å². The number of ether oxygens (including phenoxy) is 1. The first-order valence-electron chi connectivity index (χ1n) is 5.26. The molecule has 0 saturated heterocycles. The Bertz CT molecular complexity index is 574. The maximum Gasteiger partial charge on any atom is 0.422 e. The molecule has 19 heavy (non-hydrogen) atoms. The van der Waals surface area contributed by atoms with Gasteiger partial charge in [0.15, 0.2) is 0 Å². The van der Waals surface area contributed by atoms with Gasteiger partial charge in [0.1, 0.15) is 0 Å². The van der Waals surface area contributed by atoms with Crippen molar-refractivity contribution in [2.75, 3.05) is 10.5 Å². The summed E-state index contributed by atoms with van der Waals surface area (Å²) in [5, 5.41) is 0. The van der Waals surface area contributed by atoms with Crippen molar-refractivity contribution in [3.05, 3.63) is 22.7 Å². The molecule has 0 heterocycles. The van der Waals surface area contributed by atoms with E-state index in [0.717, 1.165) is 0 Å². The lowest BCUT2D eigenvalue weighted by Crippen LogP contribution is -2.36. The summed E-state index contributed by atoms with van der Waals surface area (Å²) in [4.78, 5) is 11.2. The fourth-order valence-corrected chi connectivity index (χ4v) is 2.32. The van der Waals surface area contributed by atoms with Gasteiger partial charge in [0.05, 0.1) is 17.5 Å². The van der Waals surface area contributed by atoms with Crippen molar-refractivity contribution in [2.45, 2.75) is 20.0 Å². The average Bonchev–Trinajstić information content (AvgIpc) is 2.19. The Balaban J connectivity index is 2.77. The Hall–Kier alpha value is -1.48. The van der Waals surface area contributed by atoms with Crippen LogP contribution in [0.15, 0.2) is 22.7 Å². The molecule has 7 nitrogen and oxygen atoms in total. The highest BCUT2D eigenvalue weighted by Crippen LogP contribution is 2.23. The molecular weight excluding hydrogens is 338 g/mol. The predicted molar refractivity (Wildman–Crippen MR) is 75.8 cm³/mol. The third-order valence-corrected chi connectivity index (χ3v) is 3.24. The van der Waals surface area contributed by atoms with Crippen LogP contribution in [0.1, 0.15) is 13.8 Å². The lowest BCUT2D eigenvalue weighted by molar-refractivity contribution is 0.121. The first-order chi connectivity index (χ1) is 8.69. The Labute approximate surface area is 119 Å². The largest absolute Gasteiger partial charge is 0.446 e. The summed E-state index contributed by atoms with van der Waals surface area (Å²) in [6.45, 7) is 3.21. The van der Waals surface area contributed by atoms with E-state index in [0.29, 0.717) is 4.47 Å². The molecule has 0 spiro atoms. The Morgan fingerprint density at radius 2 is 2.05 bits per heavy atom. The van der Waals surface area contributed by atoms with Crippen molar-refractivity contribution in [3.8, 4) is 0 Å². The number of rotatable bonds is 4. The maximum absolute atomic E-state index is 11.6. The number of carbonyl (C=O) groups is 1. The number of benzene rings is 1. The van der Waals surface area contributed by atoms with Gasteiger partial charge in [-0.15, -0.1) is 0 Å². The van der Waals surface area contributed by atoms with E-state index >= 15 is 0 Å². The standard InChI is InChI=1S/C10H14BrN3O4S/c1-6(2)18-10(15)14-19(16,17)13-9-4-3-7(11)5-8(9)12/h3-6,13H,12H2,1-2H3,(H,14,15). The first-order valence-corrected chi connectivity index (χ1v) is 7.53. The third kappa shape index (κ3) is 5.35. The topological polar surface area (TPSA) is 111 Å². The molecule has 1 aromatic rings. The molecule has 0 atom stereocenters. The molecule has 1 aromatic carbocycles. The van der Waals surface area contributed by atoms with Crippen LogP contribution in [0, 0.1) is 0 Å². The zero-order chi connectivity index (χ0) is 14.6. The Kier molecular flexibility index (Phi) is 5.01. The van der Waals surface area contributed by atoms with Crippen LogP contribution in [-0.2, 0) is 14.9 Å². The van der Waals surface area contributed by atoms with Crippen LogP contribution < -0.4 is 15.2 Å². The van der Waals surface area contributed by atoms with Crippen molar-refractivity contribution in [3.63, 3.8) is 0 Å². The van der Waals surface area contributed by atoms with Crippen LogP contribution in [0.2, 0.25) is 0 Å². The smallest absolute Gasteiger partial charge is 0.422 e. The van der Waals surface area contributed by atoms with Crippen molar-refractivity contribution in [2.24, 2.45) is 0 Å². The minimum Gasteiger partial charge on any atom is -0.446 e. The molecular formula is C10H14BrN3O4S. The van der Waals surface area contributed by atoms with E-state index < -0.39 is 22.4 Å². The third-order valence-electron chi connectivity index (χ3n) is 1.82. The summed E-state index contributed by atoms with van der Waals surface area (Å²) in [5.74, 6) is 0. The number of nitrogens with two attached hydrogens (primary N) is 1. The molecule has 0 aliphatic carbocycles. The highest BCUT2D eigenvalue weighted by molar-refractivity contribution is 9.10. The number of hydrogen-bond donors (Lipinski definition) is 3. The summed E-state index contributed by atoms with van der Waals surface area (Å²) < 4.78 is 32.5. The van der Waals surface area contributed by atoms with Crippen LogP contribution in [-0.4, -0.2) is 20.6 Å². The number of halogens is 1. The van der Waals surface area contributed by atoms with Gasteiger partial charge < -0.3 is 10.5 Å². The quantitative estimate of drug-likeness (QED) is 0.716. The van der Waals surface area contributed by atoms with Crippen LogP contribution in [0.4, 0.5) is 16.2 Å². The van der Waals surface area contributed by atoms with Crippen molar-refractivity contribution < 1.29 is 17.9 Å². The van der Waals surface area contributed by atoms with Gasteiger partial charge in [-0.25, -0.2) is 9.52 Å². The highest BCUT2D eigenvalue weighted by atomic mass is 79.9. The van der Waals surface area contributed by atoms with Crippen molar-refractivity contribution >= 4 is 43.6 Å². The number of nitrogen functional groups attached to an aromatic ring is 1. The van der Waals surface area contributed by atoms with E-state index in [-0.39, 0.29) is 11.4 Å². The van der Waals surface area contributed by atoms with E-state index in [9.17, 15) is 13.2 Å². The predicted octanol–water partition coefficient (Wildman–Crippen LogP) is 1.82. The minimum atomic E-state index is -4.08. The van der Waals surface area contributed by atoms with E-state index in [1.54, 1.807) is 24.6 Å². The average molecular weight is 352 g/mol. The highest BCUT2D eigenvalue weighted by Gasteiger charge is 2.17. The van der Waals surface area contributed by atoms with Crippen LogP contribution >= 0.6 is 15.9 Å².